The highest BCUT2D eigenvalue weighted by Gasteiger charge is 2.13. The summed E-state index contributed by atoms with van der Waals surface area (Å²) in [7, 11) is 0. The zero-order valence-corrected chi connectivity index (χ0v) is 12.1. The predicted octanol–water partition coefficient (Wildman–Crippen LogP) is 3.69. The van der Waals surface area contributed by atoms with E-state index >= 15 is 0 Å². The fourth-order valence-electron chi connectivity index (χ4n) is 2.07. The van der Waals surface area contributed by atoms with Gasteiger partial charge in [-0.25, -0.2) is 14.3 Å². The van der Waals surface area contributed by atoms with Crippen LogP contribution in [0, 0.1) is 0 Å². The van der Waals surface area contributed by atoms with Gasteiger partial charge in [-0.3, -0.25) is 4.98 Å². The van der Waals surface area contributed by atoms with Gasteiger partial charge in [-0.05, 0) is 13.0 Å². The minimum Gasteiger partial charge on any atom is -0.441 e. The van der Waals surface area contributed by atoms with E-state index in [1.165, 1.54) is 17.1 Å². The standard InChI is InChI=1S/C17H15N3O2/c1-13(22-17(21)20-10-9-18-12-20)15-7-8-16(19-11-15)14-5-3-2-4-6-14/h2-13H,1H3. The van der Waals surface area contributed by atoms with Crippen LogP contribution < -0.4 is 0 Å². The summed E-state index contributed by atoms with van der Waals surface area (Å²) in [5.74, 6) is 0. The molecule has 0 aliphatic heterocycles. The normalized spacial score (nSPS) is 11.9. The van der Waals surface area contributed by atoms with Gasteiger partial charge < -0.3 is 4.74 Å². The Kier molecular flexibility index (Phi) is 3.96. The van der Waals surface area contributed by atoms with Crippen LogP contribution in [0.25, 0.3) is 11.3 Å². The van der Waals surface area contributed by atoms with E-state index in [0.29, 0.717) is 0 Å². The molecule has 0 amide bonds. The van der Waals surface area contributed by atoms with E-state index < -0.39 is 6.09 Å². The highest BCUT2D eigenvalue weighted by molar-refractivity contribution is 5.70. The number of carbonyl (C=O) groups excluding carboxylic acids is 1. The average molecular weight is 293 g/mol. The number of hydrogen-bond donors (Lipinski definition) is 0. The molecule has 0 aliphatic rings. The van der Waals surface area contributed by atoms with E-state index in [4.69, 9.17) is 4.74 Å². The number of hydrogen-bond acceptors (Lipinski definition) is 4. The number of carbonyl (C=O) groups is 1. The maximum absolute atomic E-state index is 11.9. The second-order valence-electron chi connectivity index (χ2n) is 4.84. The van der Waals surface area contributed by atoms with Crippen LogP contribution in [-0.2, 0) is 4.74 Å². The Balaban J connectivity index is 1.71. The lowest BCUT2D eigenvalue weighted by Gasteiger charge is -2.13. The Labute approximate surface area is 128 Å². The van der Waals surface area contributed by atoms with Crippen molar-refractivity contribution >= 4 is 6.09 Å². The lowest BCUT2D eigenvalue weighted by atomic mass is 10.1. The van der Waals surface area contributed by atoms with Gasteiger partial charge in [-0.1, -0.05) is 36.4 Å². The first-order valence-corrected chi connectivity index (χ1v) is 6.94. The monoisotopic (exact) mass is 293 g/mol. The zero-order chi connectivity index (χ0) is 15.4. The van der Waals surface area contributed by atoms with Gasteiger partial charge >= 0.3 is 6.09 Å². The lowest BCUT2D eigenvalue weighted by Crippen LogP contribution is -2.14. The van der Waals surface area contributed by atoms with Crippen LogP contribution in [0.2, 0.25) is 0 Å². The Bertz CT molecular complexity index is 737. The van der Waals surface area contributed by atoms with E-state index in [-0.39, 0.29) is 6.10 Å². The lowest BCUT2D eigenvalue weighted by molar-refractivity contribution is 0.108. The molecule has 0 saturated heterocycles. The smallest absolute Gasteiger partial charge is 0.419 e. The van der Waals surface area contributed by atoms with Crippen LogP contribution in [0.3, 0.4) is 0 Å². The molecule has 3 aromatic rings. The fourth-order valence-corrected chi connectivity index (χ4v) is 2.07. The van der Waals surface area contributed by atoms with Gasteiger partial charge in [0.1, 0.15) is 12.4 Å². The largest absolute Gasteiger partial charge is 0.441 e. The number of benzene rings is 1. The molecule has 0 saturated carbocycles. The van der Waals surface area contributed by atoms with Gasteiger partial charge in [-0.15, -0.1) is 0 Å². The molecule has 0 fully saturated rings. The molecule has 5 heteroatoms. The van der Waals surface area contributed by atoms with Crippen molar-refractivity contribution in [2.24, 2.45) is 0 Å². The highest BCUT2D eigenvalue weighted by Crippen LogP contribution is 2.21. The summed E-state index contributed by atoms with van der Waals surface area (Å²) in [6, 6.07) is 13.8. The molecule has 3 rings (SSSR count). The third kappa shape index (κ3) is 3.03. The molecular formula is C17H15N3O2. The number of imidazole rings is 1. The van der Waals surface area contributed by atoms with Crippen molar-refractivity contribution in [3.05, 3.63) is 72.9 Å². The van der Waals surface area contributed by atoms with Gasteiger partial charge in [0.25, 0.3) is 0 Å². The van der Waals surface area contributed by atoms with Crippen LogP contribution in [0.4, 0.5) is 4.79 Å². The van der Waals surface area contributed by atoms with Crippen molar-refractivity contribution in [2.45, 2.75) is 13.0 Å². The Morgan fingerprint density at radius 2 is 2.00 bits per heavy atom. The summed E-state index contributed by atoms with van der Waals surface area (Å²) >= 11 is 0. The molecule has 2 aromatic heterocycles. The van der Waals surface area contributed by atoms with Crippen LogP contribution in [0.1, 0.15) is 18.6 Å². The Hall–Kier alpha value is -2.95. The molecule has 110 valence electrons. The van der Waals surface area contributed by atoms with Gasteiger partial charge in [-0.2, -0.15) is 0 Å². The SMILES string of the molecule is CC(OC(=O)n1ccnc1)c1ccc(-c2ccccc2)nc1. The van der Waals surface area contributed by atoms with Gasteiger partial charge in [0.2, 0.25) is 0 Å². The van der Waals surface area contributed by atoms with Crippen molar-refractivity contribution in [3.8, 4) is 11.3 Å². The summed E-state index contributed by atoms with van der Waals surface area (Å²) in [6.45, 7) is 1.81. The van der Waals surface area contributed by atoms with Crippen molar-refractivity contribution in [1.29, 1.82) is 0 Å². The second kappa shape index (κ2) is 6.22. The molecule has 22 heavy (non-hydrogen) atoms. The van der Waals surface area contributed by atoms with Gasteiger partial charge in [0.15, 0.2) is 0 Å². The minimum atomic E-state index is -0.461. The van der Waals surface area contributed by atoms with Crippen molar-refractivity contribution in [3.63, 3.8) is 0 Å². The third-order valence-corrected chi connectivity index (χ3v) is 3.32. The summed E-state index contributed by atoms with van der Waals surface area (Å²) < 4.78 is 6.66. The molecule has 0 radical (unpaired) electrons. The first-order chi connectivity index (χ1) is 10.7. The number of ether oxygens (including phenoxy) is 1. The highest BCUT2D eigenvalue weighted by atomic mass is 16.6. The van der Waals surface area contributed by atoms with E-state index in [9.17, 15) is 4.79 Å². The summed E-state index contributed by atoms with van der Waals surface area (Å²) in [6.07, 6.45) is 5.37. The molecule has 1 aromatic carbocycles. The molecule has 2 heterocycles. The first kappa shape index (κ1) is 14.0. The quantitative estimate of drug-likeness (QED) is 0.739. The molecule has 0 N–H and O–H groups in total. The topological polar surface area (TPSA) is 57.0 Å². The van der Waals surface area contributed by atoms with Gasteiger partial charge in [0, 0.05) is 29.7 Å². The number of rotatable bonds is 3. The number of pyridine rings is 1. The number of aromatic nitrogens is 3. The van der Waals surface area contributed by atoms with Crippen molar-refractivity contribution < 1.29 is 9.53 Å². The van der Waals surface area contributed by atoms with Gasteiger partial charge in [0.05, 0.1) is 5.69 Å². The van der Waals surface area contributed by atoms with E-state index in [0.717, 1.165) is 16.8 Å². The van der Waals surface area contributed by atoms with E-state index in [1.54, 1.807) is 12.4 Å². The third-order valence-electron chi connectivity index (χ3n) is 3.32. The molecule has 0 bridgehead atoms. The van der Waals surface area contributed by atoms with Crippen molar-refractivity contribution in [1.82, 2.24) is 14.5 Å². The van der Waals surface area contributed by atoms with Crippen molar-refractivity contribution in [2.75, 3.05) is 0 Å². The number of nitrogens with zero attached hydrogens (tertiary/aromatic N) is 3. The maximum Gasteiger partial charge on any atom is 0.419 e. The first-order valence-electron chi connectivity index (χ1n) is 6.94. The summed E-state index contributed by atoms with van der Waals surface area (Å²) in [5.41, 5.74) is 2.78. The van der Waals surface area contributed by atoms with Crippen LogP contribution in [0.15, 0.2) is 67.4 Å². The zero-order valence-electron chi connectivity index (χ0n) is 12.1. The Morgan fingerprint density at radius 3 is 2.64 bits per heavy atom. The predicted molar refractivity (Wildman–Crippen MR) is 82.2 cm³/mol. The summed E-state index contributed by atoms with van der Waals surface area (Å²) in [4.78, 5) is 20.1. The Morgan fingerprint density at radius 1 is 1.18 bits per heavy atom. The van der Waals surface area contributed by atoms with Crippen LogP contribution in [-0.4, -0.2) is 20.6 Å². The molecular weight excluding hydrogens is 278 g/mol. The maximum atomic E-state index is 11.9. The van der Waals surface area contributed by atoms with Crippen LogP contribution >= 0.6 is 0 Å². The molecule has 0 spiro atoms. The fraction of sp³-hybridized carbons (Fsp3) is 0.118. The van der Waals surface area contributed by atoms with E-state index in [2.05, 4.69) is 9.97 Å². The minimum absolute atomic E-state index is 0.382. The molecule has 1 unspecified atom stereocenters. The molecule has 1 atom stereocenters. The molecule has 5 nitrogen and oxygen atoms in total. The van der Waals surface area contributed by atoms with Crippen LogP contribution in [0.5, 0.6) is 0 Å². The summed E-state index contributed by atoms with van der Waals surface area (Å²) in [5, 5.41) is 0. The van der Waals surface area contributed by atoms with E-state index in [1.807, 2.05) is 49.4 Å². The second-order valence-corrected chi connectivity index (χ2v) is 4.84. The average Bonchev–Trinajstić information content (AvgIpc) is 3.10. The molecule has 0 aliphatic carbocycles.